The summed E-state index contributed by atoms with van der Waals surface area (Å²) in [6.07, 6.45) is -0.627. The first-order valence-corrected chi connectivity index (χ1v) is 9.54. The first kappa shape index (κ1) is 22.4. The summed E-state index contributed by atoms with van der Waals surface area (Å²) in [6.45, 7) is -0.267. The quantitative estimate of drug-likeness (QED) is 0.524. The zero-order chi connectivity index (χ0) is 21.3. The minimum absolute atomic E-state index is 0.0101. The number of hydrogen-bond acceptors (Lipinski definition) is 4. The summed E-state index contributed by atoms with van der Waals surface area (Å²) in [4.78, 5) is 13.3. The normalized spacial score (nSPS) is 19.1. The summed E-state index contributed by atoms with van der Waals surface area (Å²) in [5.74, 6) is -4.24. The van der Waals surface area contributed by atoms with E-state index in [1.165, 1.54) is 4.72 Å². The summed E-state index contributed by atoms with van der Waals surface area (Å²) in [5.41, 5.74) is 0.0516. The average Bonchev–Trinajstić information content (AvgIpc) is 2.99. The molecule has 1 aliphatic rings. The van der Waals surface area contributed by atoms with Crippen LogP contribution in [0.2, 0.25) is 0 Å². The van der Waals surface area contributed by atoms with Gasteiger partial charge < -0.3 is 10.6 Å². The molecule has 0 saturated carbocycles. The van der Waals surface area contributed by atoms with Crippen molar-refractivity contribution in [1.82, 2.24) is 9.62 Å². The number of carbonyl (C=O) groups is 1. The summed E-state index contributed by atoms with van der Waals surface area (Å²) >= 11 is 0. The van der Waals surface area contributed by atoms with E-state index in [-0.39, 0.29) is 37.9 Å². The maximum absolute atomic E-state index is 13.6. The van der Waals surface area contributed by atoms with Crippen LogP contribution >= 0.6 is 0 Å². The number of likely N-dealkylation sites (tertiary alicyclic amines) is 1. The Balaban J connectivity index is 1.91. The smallest absolute Gasteiger partial charge is 0.341 e. The Hall–Kier alpha value is -1.86. The van der Waals surface area contributed by atoms with E-state index >= 15 is 0 Å². The predicted octanol–water partition coefficient (Wildman–Crippen LogP) is 1.40. The molecule has 1 amide bonds. The van der Waals surface area contributed by atoms with E-state index in [4.69, 9.17) is 5.73 Å². The molecule has 1 heterocycles. The van der Waals surface area contributed by atoms with Crippen molar-refractivity contribution in [2.75, 3.05) is 13.1 Å². The monoisotopic (exact) mass is 433 g/mol. The fraction of sp³-hybridized carbons (Fsp3) is 0.533. The SMILES string of the molecule is N[C@@H](CC(=O)N1CC[C@H](NS(=O)(=O)C(F)(F)F)C1)Cc1cc(F)c(F)cc1F. The fourth-order valence-electron chi connectivity index (χ4n) is 2.80. The average molecular weight is 433 g/mol. The lowest BCUT2D eigenvalue weighted by Gasteiger charge is -2.20. The largest absolute Gasteiger partial charge is 0.511 e. The summed E-state index contributed by atoms with van der Waals surface area (Å²) < 4.78 is 101. The van der Waals surface area contributed by atoms with Crippen molar-refractivity contribution in [1.29, 1.82) is 0 Å². The number of rotatable bonds is 6. The molecule has 1 aliphatic heterocycles. The van der Waals surface area contributed by atoms with Gasteiger partial charge in [-0.05, 0) is 24.5 Å². The van der Waals surface area contributed by atoms with Crippen LogP contribution in [0.3, 0.4) is 0 Å². The number of hydrogen-bond donors (Lipinski definition) is 2. The molecule has 0 aromatic heterocycles. The minimum atomic E-state index is -5.53. The minimum Gasteiger partial charge on any atom is -0.341 e. The van der Waals surface area contributed by atoms with Gasteiger partial charge in [-0.15, -0.1) is 0 Å². The van der Waals surface area contributed by atoms with Crippen LogP contribution in [-0.2, 0) is 21.2 Å². The van der Waals surface area contributed by atoms with Gasteiger partial charge in [0.2, 0.25) is 5.91 Å². The second-order valence-corrected chi connectivity index (χ2v) is 8.12. The summed E-state index contributed by atoms with van der Waals surface area (Å²) in [7, 11) is -5.53. The van der Waals surface area contributed by atoms with E-state index in [0.29, 0.717) is 12.1 Å². The molecule has 1 aromatic carbocycles. The molecule has 28 heavy (non-hydrogen) atoms. The van der Waals surface area contributed by atoms with Crippen molar-refractivity contribution >= 4 is 15.9 Å². The number of amides is 1. The van der Waals surface area contributed by atoms with Gasteiger partial charge in [-0.25, -0.2) is 26.3 Å². The molecule has 0 spiro atoms. The number of nitrogens with one attached hydrogen (secondary N) is 1. The van der Waals surface area contributed by atoms with Gasteiger partial charge in [0, 0.05) is 37.7 Å². The van der Waals surface area contributed by atoms with Gasteiger partial charge in [-0.1, -0.05) is 0 Å². The number of sulfonamides is 1. The highest BCUT2D eigenvalue weighted by Gasteiger charge is 2.47. The molecule has 1 aromatic rings. The first-order chi connectivity index (χ1) is 12.8. The molecular formula is C15H17F6N3O3S. The van der Waals surface area contributed by atoms with Crippen LogP contribution in [-0.4, -0.2) is 49.9 Å². The third-order valence-electron chi connectivity index (χ3n) is 4.18. The number of halogens is 6. The molecule has 1 fully saturated rings. The zero-order valence-corrected chi connectivity index (χ0v) is 15.1. The van der Waals surface area contributed by atoms with Crippen LogP contribution < -0.4 is 10.5 Å². The highest BCUT2D eigenvalue weighted by Crippen LogP contribution is 2.24. The Morgan fingerprint density at radius 3 is 2.43 bits per heavy atom. The van der Waals surface area contributed by atoms with Gasteiger partial charge in [-0.3, -0.25) is 4.79 Å². The highest BCUT2D eigenvalue weighted by molar-refractivity contribution is 7.90. The van der Waals surface area contributed by atoms with Crippen LogP contribution in [0.25, 0.3) is 0 Å². The zero-order valence-electron chi connectivity index (χ0n) is 14.3. The molecule has 158 valence electrons. The molecule has 2 rings (SSSR count). The van der Waals surface area contributed by atoms with Gasteiger partial charge in [0.1, 0.15) is 5.82 Å². The molecule has 0 aliphatic carbocycles. The lowest BCUT2D eigenvalue weighted by Crippen LogP contribution is -2.44. The highest BCUT2D eigenvalue weighted by atomic mass is 32.2. The van der Waals surface area contributed by atoms with E-state index in [0.717, 1.165) is 4.90 Å². The molecule has 3 N–H and O–H groups in total. The van der Waals surface area contributed by atoms with Gasteiger partial charge in [0.15, 0.2) is 11.6 Å². The van der Waals surface area contributed by atoms with Crippen molar-refractivity contribution in [3.8, 4) is 0 Å². The maximum atomic E-state index is 13.6. The van der Waals surface area contributed by atoms with Crippen LogP contribution in [0.5, 0.6) is 0 Å². The lowest BCUT2D eigenvalue weighted by atomic mass is 10.0. The molecule has 0 bridgehead atoms. The van der Waals surface area contributed by atoms with Gasteiger partial charge >= 0.3 is 15.5 Å². The molecule has 1 saturated heterocycles. The molecule has 0 radical (unpaired) electrons. The van der Waals surface area contributed by atoms with E-state index in [1.54, 1.807) is 0 Å². The van der Waals surface area contributed by atoms with Crippen molar-refractivity contribution in [2.24, 2.45) is 5.73 Å². The molecule has 6 nitrogen and oxygen atoms in total. The van der Waals surface area contributed by atoms with Gasteiger partial charge in [-0.2, -0.15) is 13.2 Å². The van der Waals surface area contributed by atoms with Crippen LogP contribution in [0.1, 0.15) is 18.4 Å². The third-order valence-corrected chi connectivity index (χ3v) is 5.43. The van der Waals surface area contributed by atoms with E-state index in [9.17, 15) is 39.6 Å². The fourth-order valence-corrected chi connectivity index (χ4v) is 3.56. The Labute approximate surface area is 156 Å². The lowest BCUT2D eigenvalue weighted by molar-refractivity contribution is -0.130. The summed E-state index contributed by atoms with van der Waals surface area (Å²) in [6, 6.07) is -1.07. The number of nitrogens with zero attached hydrogens (tertiary/aromatic N) is 1. The molecule has 0 unspecified atom stereocenters. The van der Waals surface area contributed by atoms with Crippen molar-refractivity contribution in [3.63, 3.8) is 0 Å². The number of nitrogens with two attached hydrogens (primary N) is 1. The molecular weight excluding hydrogens is 416 g/mol. The van der Waals surface area contributed by atoms with Crippen molar-refractivity contribution in [2.45, 2.75) is 36.9 Å². The molecule has 13 heteroatoms. The number of carbonyl (C=O) groups excluding carboxylic acids is 1. The van der Waals surface area contributed by atoms with E-state index in [1.807, 2.05) is 0 Å². The second kappa shape index (κ2) is 8.25. The van der Waals surface area contributed by atoms with Crippen LogP contribution in [0.4, 0.5) is 26.3 Å². The van der Waals surface area contributed by atoms with Crippen LogP contribution in [0.15, 0.2) is 12.1 Å². The second-order valence-electron chi connectivity index (χ2n) is 6.42. The Bertz CT molecular complexity index is 846. The Morgan fingerprint density at radius 1 is 1.21 bits per heavy atom. The van der Waals surface area contributed by atoms with E-state index < -0.39 is 51.0 Å². The van der Waals surface area contributed by atoms with E-state index in [2.05, 4.69) is 0 Å². The topological polar surface area (TPSA) is 92.5 Å². The maximum Gasteiger partial charge on any atom is 0.511 e. The third kappa shape index (κ3) is 5.35. The Kier molecular flexibility index (Phi) is 6.61. The predicted molar refractivity (Wildman–Crippen MR) is 85.7 cm³/mol. The molecule has 2 atom stereocenters. The first-order valence-electron chi connectivity index (χ1n) is 8.05. The number of benzene rings is 1. The van der Waals surface area contributed by atoms with Crippen LogP contribution in [0, 0.1) is 17.5 Å². The number of alkyl halides is 3. The van der Waals surface area contributed by atoms with Gasteiger partial charge in [0.25, 0.3) is 0 Å². The summed E-state index contributed by atoms with van der Waals surface area (Å²) in [5, 5.41) is 0. The standard InChI is InChI=1S/C15H17F6N3O3S/c16-11-6-13(18)12(17)4-8(11)3-9(22)5-14(25)24-2-1-10(7-24)23-28(26,27)15(19,20)21/h4,6,9-10,23H,1-3,5,7,22H2/t9-,10+/m1/s1. The van der Waals surface area contributed by atoms with Gasteiger partial charge in [0.05, 0.1) is 0 Å². The Morgan fingerprint density at radius 2 is 1.82 bits per heavy atom. The van der Waals surface area contributed by atoms with Crippen molar-refractivity contribution < 1.29 is 39.6 Å². The van der Waals surface area contributed by atoms with Crippen molar-refractivity contribution in [3.05, 3.63) is 35.1 Å².